The molecule has 4 N–H and O–H groups in total. The molecule has 7 nitrogen and oxygen atoms in total. The number of hydrogen-bond acceptors (Lipinski definition) is 7. The van der Waals surface area contributed by atoms with Crippen molar-refractivity contribution in [3.05, 3.63) is 48.5 Å². The van der Waals surface area contributed by atoms with E-state index >= 15 is 0 Å². The molecule has 0 saturated carbocycles. The molecule has 0 aliphatic heterocycles. The van der Waals surface area contributed by atoms with Crippen molar-refractivity contribution in [1.29, 1.82) is 0 Å². The molecule has 11 heteroatoms. The Bertz CT molecular complexity index is 788. The van der Waals surface area contributed by atoms with Crippen molar-refractivity contribution in [2.75, 3.05) is 59.5 Å². The molecule has 0 heterocycles. The van der Waals surface area contributed by atoms with Crippen LogP contribution >= 0.6 is 46.4 Å². The minimum absolute atomic E-state index is 0.0593. The fourth-order valence-electron chi connectivity index (χ4n) is 3.41. The van der Waals surface area contributed by atoms with E-state index in [9.17, 15) is 20.4 Å². The molecule has 35 heavy (non-hydrogen) atoms. The molecule has 2 aromatic carbocycles. The summed E-state index contributed by atoms with van der Waals surface area (Å²) in [5.74, 6) is 1.32. The number of benzene rings is 2. The molecule has 0 spiro atoms. The lowest BCUT2D eigenvalue weighted by Crippen LogP contribution is -2.39. The highest BCUT2D eigenvalue weighted by Gasteiger charge is 2.18. The van der Waals surface area contributed by atoms with Crippen LogP contribution in [0.1, 0.15) is 0 Å². The maximum absolute atomic E-state index is 10.0. The molecule has 2 aromatic rings. The molecule has 0 saturated heterocycles. The molecule has 2 rings (SSSR count). The third-order valence-electron chi connectivity index (χ3n) is 5.04. The average Bonchev–Trinajstić information content (AvgIpc) is 2.87. The second-order valence-corrected chi connectivity index (χ2v) is 9.37. The van der Waals surface area contributed by atoms with Gasteiger partial charge in [0.05, 0.1) is 47.9 Å². The number of aliphatic hydroxyl groups excluding tert-OH is 4. The molecule has 0 aliphatic rings. The number of ether oxygens (including phenoxy) is 1. The average molecular weight is 570 g/mol. The van der Waals surface area contributed by atoms with E-state index in [4.69, 9.17) is 51.1 Å². The largest absolute Gasteiger partial charge is 0.457 e. The lowest BCUT2D eigenvalue weighted by Gasteiger charge is -2.29. The zero-order valence-corrected chi connectivity index (χ0v) is 22.2. The van der Waals surface area contributed by atoms with E-state index in [1.807, 2.05) is 24.3 Å². The summed E-state index contributed by atoms with van der Waals surface area (Å²) in [6.45, 7) is 0.878. The predicted octanol–water partition coefficient (Wildman–Crippen LogP) is 3.49. The second-order valence-electron chi connectivity index (χ2n) is 8.14. The molecule has 196 valence electrons. The van der Waals surface area contributed by atoms with Gasteiger partial charge in [0.15, 0.2) is 0 Å². The van der Waals surface area contributed by atoms with E-state index in [1.165, 1.54) is 0 Å². The standard InChI is InChI=1S/C24H32Cl4N2O5/c25-9-19(31)13-29(14-20(32)10-26)17-3-1-5-23(7-17)35-24-6-2-4-18(8-24)30(15-21(33)11-27)16-22(34)12-28/h1-8,19-22,31-34H,9-16H2. The van der Waals surface area contributed by atoms with Gasteiger partial charge in [0.1, 0.15) is 11.5 Å². The van der Waals surface area contributed by atoms with Crippen molar-refractivity contribution in [2.24, 2.45) is 0 Å². The van der Waals surface area contributed by atoms with Gasteiger partial charge in [0.2, 0.25) is 0 Å². The maximum Gasteiger partial charge on any atom is 0.129 e. The van der Waals surface area contributed by atoms with E-state index in [1.54, 1.807) is 34.1 Å². The number of hydrogen-bond donors (Lipinski definition) is 4. The minimum Gasteiger partial charge on any atom is -0.457 e. The highest BCUT2D eigenvalue weighted by Crippen LogP contribution is 2.29. The number of nitrogens with zero attached hydrogens (tertiary/aromatic N) is 2. The smallest absolute Gasteiger partial charge is 0.129 e. The first-order valence-electron chi connectivity index (χ1n) is 11.1. The van der Waals surface area contributed by atoms with Gasteiger partial charge in [0, 0.05) is 49.7 Å². The summed E-state index contributed by atoms with van der Waals surface area (Å²) in [6, 6.07) is 14.5. The zero-order chi connectivity index (χ0) is 25.8. The van der Waals surface area contributed by atoms with Gasteiger partial charge in [-0.05, 0) is 24.3 Å². The van der Waals surface area contributed by atoms with Crippen LogP contribution in [0.3, 0.4) is 0 Å². The van der Waals surface area contributed by atoms with Gasteiger partial charge in [-0.15, -0.1) is 46.4 Å². The van der Waals surface area contributed by atoms with E-state index in [0.29, 0.717) is 11.5 Å². The third kappa shape index (κ3) is 10.4. The number of halogens is 4. The van der Waals surface area contributed by atoms with Crippen molar-refractivity contribution in [3.8, 4) is 11.5 Å². The first kappa shape index (κ1) is 30.1. The monoisotopic (exact) mass is 568 g/mol. The van der Waals surface area contributed by atoms with Gasteiger partial charge < -0.3 is 35.0 Å². The molecule has 0 radical (unpaired) electrons. The summed E-state index contributed by atoms with van der Waals surface area (Å²) in [5.41, 5.74) is 1.45. The summed E-state index contributed by atoms with van der Waals surface area (Å²) in [4.78, 5) is 3.60. The Hall–Kier alpha value is -1.16. The Morgan fingerprint density at radius 1 is 0.571 bits per heavy atom. The molecule has 0 bridgehead atoms. The van der Waals surface area contributed by atoms with Crippen LogP contribution in [0, 0.1) is 0 Å². The maximum atomic E-state index is 10.0. The SMILES string of the molecule is OC(CCl)CN(CC(O)CCl)c1cccc(Oc2cccc(N(CC(O)CCl)CC(O)CCl)c2)c1. The van der Waals surface area contributed by atoms with Crippen LogP contribution in [0.4, 0.5) is 11.4 Å². The molecular formula is C24H32Cl4N2O5. The van der Waals surface area contributed by atoms with Gasteiger partial charge in [-0.25, -0.2) is 0 Å². The third-order valence-corrected chi connectivity index (χ3v) is 6.46. The minimum atomic E-state index is -0.780. The molecule has 0 amide bonds. The van der Waals surface area contributed by atoms with E-state index < -0.39 is 24.4 Å². The summed E-state index contributed by atoms with van der Waals surface area (Å²) >= 11 is 23.1. The molecule has 0 aromatic heterocycles. The lowest BCUT2D eigenvalue weighted by atomic mass is 10.2. The quantitative estimate of drug-likeness (QED) is 0.230. The normalized spacial score (nSPS) is 14.7. The molecular weight excluding hydrogens is 538 g/mol. The van der Waals surface area contributed by atoms with Crippen LogP contribution < -0.4 is 14.5 Å². The molecule has 0 aliphatic carbocycles. The molecule has 4 unspecified atom stereocenters. The van der Waals surface area contributed by atoms with Crippen LogP contribution in [0.2, 0.25) is 0 Å². The zero-order valence-electron chi connectivity index (χ0n) is 19.2. The first-order chi connectivity index (χ1) is 16.8. The van der Waals surface area contributed by atoms with Crippen LogP contribution in [0.15, 0.2) is 48.5 Å². The van der Waals surface area contributed by atoms with Crippen molar-refractivity contribution >= 4 is 57.8 Å². The van der Waals surface area contributed by atoms with Crippen LogP contribution in [0.25, 0.3) is 0 Å². The highest BCUT2D eigenvalue weighted by molar-refractivity contribution is 6.18. The van der Waals surface area contributed by atoms with Gasteiger partial charge >= 0.3 is 0 Å². The number of aliphatic hydroxyl groups is 4. The Morgan fingerprint density at radius 2 is 0.886 bits per heavy atom. The second kappa shape index (κ2) is 15.8. The topological polar surface area (TPSA) is 96.6 Å². The van der Waals surface area contributed by atoms with Crippen LogP contribution in [-0.2, 0) is 0 Å². The number of alkyl halides is 4. The van der Waals surface area contributed by atoms with Gasteiger partial charge in [-0.3, -0.25) is 0 Å². The molecule has 0 fully saturated rings. The van der Waals surface area contributed by atoms with Gasteiger partial charge in [-0.1, -0.05) is 12.1 Å². The predicted molar refractivity (Wildman–Crippen MR) is 144 cm³/mol. The Balaban J connectivity index is 2.25. The lowest BCUT2D eigenvalue weighted by molar-refractivity contribution is 0.180. The van der Waals surface area contributed by atoms with E-state index in [0.717, 1.165) is 11.4 Å². The van der Waals surface area contributed by atoms with E-state index in [2.05, 4.69) is 0 Å². The first-order valence-corrected chi connectivity index (χ1v) is 13.3. The van der Waals surface area contributed by atoms with Crippen molar-refractivity contribution < 1.29 is 25.2 Å². The number of rotatable bonds is 16. The van der Waals surface area contributed by atoms with E-state index in [-0.39, 0.29) is 49.7 Å². The van der Waals surface area contributed by atoms with Gasteiger partial charge in [-0.2, -0.15) is 0 Å². The Kier molecular flexibility index (Phi) is 13.6. The van der Waals surface area contributed by atoms with Gasteiger partial charge in [0.25, 0.3) is 0 Å². The summed E-state index contributed by atoms with van der Waals surface area (Å²) < 4.78 is 6.08. The fourth-order valence-corrected chi connectivity index (χ4v) is 3.80. The van der Waals surface area contributed by atoms with Crippen molar-refractivity contribution in [3.63, 3.8) is 0 Å². The van der Waals surface area contributed by atoms with Crippen molar-refractivity contribution in [1.82, 2.24) is 0 Å². The number of anilines is 2. The summed E-state index contributed by atoms with van der Waals surface area (Å²) in [7, 11) is 0. The Morgan fingerprint density at radius 3 is 1.17 bits per heavy atom. The van der Waals surface area contributed by atoms with Crippen LogP contribution in [-0.4, -0.2) is 94.5 Å². The fraction of sp³-hybridized carbons (Fsp3) is 0.500. The Labute approximate surface area is 226 Å². The molecule has 4 atom stereocenters. The van der Waals surface area contributed by atoms with Crippen LogP contribution in [0.5, 0.6) is 11.5 Å². The summed E-state index contributed by atoms with van der Waals surface area (Å²) in [6.07, 6.45) is -3.12. The highest BCUT2D eigenvalue weighted by atomic mass is 35.5. The summed E-state index contributed by atoms with van der Waals surface area (Å²) in [5, 5.41) is 40.2. The van der Waals surface area contributed by atoms with Crippen molar-refractivity contribution in [2.45, 2.75) is 24.4 Å².